The SMILES string of the molecule is Cc1cccc(O[C@@H](C)C(=O)Nc2cc(Cl)ccc2N2CCN(C)CC2)c1. The Labute approximate surface area is 165 Å². The molecule has 1 atom stereocenters. The summed E-state index contributed by atoms with van der Waals surface area (Å²) in [7, 11) is 2.12. The first-order valence-corrected chi connectivity index (χ1v) is 9.57. The lowest BCUT2D eigenvalue weighted by Crippen LogP contribution is -2.44. The van der Waals surface area contributed by atoms with Crippen molar-refractivity contribution in [2.45, 2.75) is 20.0 Å². The molecule has 3 rings (SSSR count). The average molecular weight is 388 g/mol. The van der Waals surface area contributed by atoms with Crippen molar-refractivity contribution < 1.29 is 9.53 Å². The maximum atomic E-state index is 12.7. The van der Waals surface area contributed by atoms with Gasteiger partial charge in [-0.25, -0.2) is 0 Å². The molecular weight excluding hydrogens is 362 g/mol. The zero-order valence-corrected chi connectivity index (χ0v) is 16.8. The molecule has 1 N–H and O–H groups in total. The number of nitrogens with zero attached hydrogens (tertiary/aromatic N) is 2. The van der Waals surface area contributed by atoms with Crippen LogP contribution < -0.4 is 15.0 Å². The van der Waals surface area contributed by atoms with E-state index in [1.54, 1.807) is 13.0 Å². The fourth-order valence-electron chi connectivity index (χ4n) is 3.11. The number of likely N-dealkylation sites (N-methyl/N-ethyl adjacent to an activating group) is 1. The lowest BCUT2D eigenvalue weighted by Gasteiger charge is -2.35. The van der Waals surface area contributed by atoms with Gasteiger partial charge in [0.1, 0.15) is 5.75 Å². The van der Waals surface area contributed by atoms with Crippen molar-refractivity contribution in [3.63, 3.8) is 0 Å². The van der Waals surface area contributed by atoms with Crippen LogP contribution >= 0.6 is 11.6 Å². The average Bonchev–Trinajstić information content (AvgIpc) is 2.63. The van der Waals surface area contributed by atoms with Crippen molar-refractivity contribution in [1.29, 1.82) is 0 Å². The number of rotatable bonds is 5. The third-order valence-corrected chi connectivity index (χ3v) is 4.97. The molecule has 1 heterocycles. The van der Waals surface area contributed by atoms with Crippen LogP contribution in [-0.4, -0.2) is 50.1 Å². The van der Waals surface area contributed by atoms with Gasteiger partial charge in [0.25, 0.3) is 5.91 Å². The van der Waals surface area contributed by atoms with Gasteiger partial charge in [-0.1, -0.05) is 23.7 Å². The Bertz CT molecular complexity index is 804. The minimum absolute atomic E-state index is 0.200. The Morgan fingerprint density at radius 3 is 2.59 bits per heavy atom. The van der Waals surface area contributed by atoms with Gasteiger partial charge in [0.2, 0.25) is 0 Å². The molecule has 0 saturated carbocycles. The van der Waals surface area contributed by atoms with Gasteiger partial charge >= 0.3 is 0 Å². The Hall–Kier alpha value is -2.24. The number of carbonyl (C=O) groups excluding carboxylic acids is 1. The summed E-state index contributed by atoms with van der Waals surface area (Å²) in [5.41, 5.74) is 2.80. The van der Waals surface area contributed by atoms with Crippen LogP contribution in [0.4, 0.5) is 11.4 Å². The van der Waals surface area contributed by atoms with Crippen molar-refractivity contribution in [3.8, 4) is 5.75 Å². The van der Waals surface area contributed by atoms with Gasteiger partial charge in [0, 0.05) is 31.2 Å². The second-order valence-corrected chi connectivity index (χ2v) is 7.45. The minimum atomic E-state index is -0.619. The van der Waals surface area contributed by atoms with Gasteiger partial charge in [-0.05, 0) is 56.8 Å². The Morgan fingerprint density at radius 2 is 1.89 bits per heavy atom. The molecule has 0 spiro atoms. The molecule has 27 heavy (non-hydrogen) atoms. The second kappa shape index (κ2) is 8.63. The number of nitrogens with one attached hydrogen (secondary N) is 1. The number of amides is 1. The number of carbonyl (C=O) groups is 1. The number of anilines is 2. The summed E-state index contributed by atoms with van der Waals surface area (Å²) in [4.78, 5) is 17.3. The van der Waals surface area contributed by atoms with Gasteiger partial charge in [0.05, 0.1) is 11.4 Å². The van der Waals surface area contributed by atoms with Crippen LogP contribution in [0.2, 0.25) is 5.02 Å². The molecule has 1 fully saturated rings. The highest BCUT2D eigenvalue weighted by atomic mass is 35.5. The fourth-order valence-corrected chi connectivity index (χ4v) is 3.28. The highest BCUT2D eigenvalue weighted by Gasteiger charge is 2.21. The summed E-state index contributed by atoms with van der Waals surface area (Å²) < 4.78 is 5.79. The van der Waals surface area contributed by atoms with E-state index in [2.05, 4.69) is 22.2 Å². The maximum absolute atomic E-state index is 12.7. The topological polar surface area (TPSA) is 44.8 Å². The molecule has 0 aromatic heterocycles. The van der Waals surface area contributed by atoms with Gasteiger partial charge in [-0.15, -0.1) is 0 Å². The number of aryl methyl sites for hydroxylation is 1. The van der Waals surface area contributed by atoms with Gasteiger partial charge in [-0.2, -0.15) is 0 Å². The smallest absolute Gasteiger partial charge is 0.265 e. The minimum Gasteiger partial charge on any atom is -0.481 e. The summed E-state index contributed by atoms with van der Waals surface area (Å²) in [6.45, 7) is 7.54. The molecule has 2 aromatic rings. The monoisotopic (exact) mass is 387 g/mol. The third kappa shape index (κ3) is 5.15. The van der Waals surface area contributed by atoms with E-state index in [0.717, 1.165) is 43.1 Å². The molecule has 0 aliphatic carbocycles. The number of halogens is 1. The van der Waals surface area contributed by atoms with Crippen LogP contribution in [0, 0.1) is 6.92 Å². The predicted molar refractivity (Wildman–Crippen MR) is 111 cm³/mol. The molecular formula is C21H26ClN3O2. The standard InChI is InChI=1S/C21H26ClN3O2/c1-15-5-4-6-18(13-15)27-16(2)21(26)23-19-14-17(22)7-8-20(19)25-11-9-24(3)10-12-25/h4-8,13-14,16H,9-12H2,1-3H3,(H,23,26)/t16-/m0/s1. The van der Waals surface area contributed by atoms with Gasteiger partial charge in [0.15, 0.2) is 6.10 Å². The summed E-state index contributed by atoms with van der Waals surface area (Å²) in [6.07, 6.45) is -0.619. The first-order chi connectivity index (χ1) is 12.9. The zero-order chi connectivity index (χ0) is 19.4. The van der Waals surface area contributed by atoms with E-state index in [0.29, 0.717) is 10.8 Å². The second-order valence-electron chi connectivity index (χ2n) is 7.02. The first-order valence-electron chi connectivity index (χ1n) is 9.19. The maximum Gasteiger partial charge on any atom is 0.265 e. The van der Waals surface area contributed by atoms with E-state index in [1.807, 2.05) is 43.3 Å². The van der Waals surface area contributed by atoms with Gasteiger partial charge < -0.3 is 19.9 Å². The number of benzene rings is 2. The van der Waals surface area contributed by atoms with Crippen molar-refractivity contribution >= 4 is 28.9 Å². The quantitative estimate of drug-likeness (QED) is 0.847. The van der Waals surface area contributed by atoms with E-state index >= 15 is 0 Å². The Kier molecular flexibility index (Phi) is 6.24. The lowest BCUT2D eigenvalue weighted by atomic mass is 10.2. The number of hydrogen-bond donors (Lipinski definition) is 1. The number of piperazine rings is 1. The van der Waals surface area contributed by atoms with Crippen LogP contribution in [0.25, 0.3) is 0 Å². The third-order valence-electron chi connectivity index (χ3n) is 4.73. The summed E-state index contributed by atoms with van der Waals surface area (Å²) in [6, 6.07) is 13.3. The summed E-state index contributed by atoms with van der Waals surface area (Å²) in [5, 5.41) is 3.58. The normalized spacial score (nSPS) is 16.1. The Morgan fingerprint density at radius 1 is 1.15 bits per heavy atom. The molecule has 5 nitrogen and oxygen atoms in total. The van der Waals surface area contributed by atoms with Crippen molar-refractivity contribution in [2.24, 2.45) is 0 Å². The molecule has 144 valence electrons. The molecule has 1 aliphatic heterocycles. The first kappa shape index (κ1) is 19.5. The van der Waals surface area contributed by atoms with Gasteiger partial charge in [-0.3, -0.25) is 4.79 Å². The van der Waals surface area contributed by atoms with Crippen LogP contribution in [0.5, 0.6) is 5.75 Å². The molecule has 0 bridgehead atoms. The molecule has 1 saturated heterocycles. The number of ether oxygens (including phenoxy) is 1. The molecule has 0 unspecified atom stereocenters. The van der Waals surface area contributed by atoms with E-state index in [4.69, 9.17) is 16.3 Å². The van der Waals surface area contributed by atoms with E-state index in [-0.39, 0.29) is 5.91 Å². The highest BCUT2D eigenvalue weighted by molar-refractivity contribution is 6.31. The summed E-state index contributed by atoms with van der Waals surface area (Å²) in [5.74, 6) is 0.484. The van der Waals surface area contributed by atoms with Crippen molar-refractivity contribution in [2.75, 3.05) is 43.4 Å². The predicted octanol–water partition coefficient (Wildman–Crippen LogP) is 3.81. The number of hydrogen-bond acceptors (Lipinski definition) is 4. The van der Waals surface area contributed by atoms with Crippen LogP contribution in [0.15, 0.2) is 42.5 Å². The Balaban J connectivity index is 1.72. The van der Waals surface area contributed by atoms with Crippen molar-refractivity contribution in [3.05, 3.63) is 53.1 Å². The lowest BCUT2D eigenvalue weighted by molar-refractivity contribution is -0.122. The molecule has 2 aromatic carbocycles. The molecule has 1 aliphatic rings. The van der Waals surface area contributed by atoms with Crippen molar-refractivity contribution in [1.82, 2.24) is 4.90 Å². The van der Waals surface area contributed by atoms with E-state index in [1.165, 1.54) is 0 Å². The molecule has 0 radical (unpaired) electrons. The van der Waals surface area contributed by atoms with Crippen LogP contribution in [-0.2, 0) is 4.79 Å². The molecule has 6 heteroatoms. The van der Waals surface area contributed by atoms with Crippen LogP contribution in [0.3, 0.4) is 0 Å². The highest BCUT2D eigenvalue weighted by Crippen LogP contribution is 2.30. The molecule has 1 amide bonds. The zero-order valence-electron chi connectivity index (χ0n) is 16.0. The fraction of sp³-hybridized carbons (Fsp3) is 0.381. The van der Waals surface area contributed by atoms with Crippen LogP contribution in [0.1, 0.15) is 12.5 Å². The largest absolute Gasteiger partial charge is 0.481 e. The summed E-state index contributed by atoms with van der Waals surface area (Å²) >= 11 is 6.18. The van der Waals surface area contributed by atoms with E-state index in [9.17, 15) is 4.79 Å². The van der Waals surface area contributed by atoms with E-state index < -0.39 is 6.10 Å².